The molecule has 108 valence electrons. The number of carbonyl (C=O) groups is 1. The van der Waals surface area contributed by atoms with E-state index in [1.54, 1.807) is 28.8 Å². The number of nitrogens with two attached hydrogens (primary N) is 1. The lowest BCUT2D eigenvalue weighted by Crippen LogP contribution is -2.36. The Labute approximate surface area is 130 Å². The predicted molar refractivity (Wildman–Crippen MR) is 84.7 cm³/mol. The zero-order valence-electron chi connectivity index (χ0n) is 11.0. The van der Waals surface area contributed by atoms with E-state index in [9.17, 15) is 9.18 Å². The van der Waals surface area contributed by atoms with Crippen molar-refractivity contribution in [2.24, 2.45) is 0 Å². The SMILES string of the molecule is Nc1ccc2c(c1)N(C(=O)c1ccc(Cl)cc1F)CCS2. The second kappa shape index (κ2) is 5.58. The maximum Gasteiger partial charge on any atom is 0.261 e. The van der Waals surface area contributed by atoms with E-state index in [1.807, 2.05) is 6.07 Å². The molecule has 21 heavy (non-hydrogen) atoms. The van der Waals surface area contributed by atoms with Crippen molar-refractivity contribution in [3.8, 4) is 0 Å². The van der Waals surface area contributed by atoms with Gasteiger partial charge < -0.3 is 10.6 Å². The summed E-state index contributed by atoms with van der Waals surface area (Å²) >= 11 is 7.38. The van der Waals surface area contributed by atoms with Crippen molar-refractivity contribution in [3.63, 3.8) is 0 Å². The van der Waals surface area contributed by atoms with E-state index in [0.29, 0.717) is 12.2 Å². The first kappa shape index (κ1) is 14.2. The third-order valence-corrected chi connectivity index (χ3v) is 4.53. The summed E-state index contributed by atoms with van der Waals surface area (Å²) in [4.78, 5) is 15.1. The third kappa shape index (κ3) is 2.71. The van der Waals surface area contributed by atoms with Crippen molar-refractivity contribution in [1.82, 2.24) is 0 Å². The van der Waals surface area contributed by atoms with E-state index in [-0.39, 0.29) is 16.5 Å². The Kier molecular flexibility index (Phi) is 3.78. The van der Waals surface area contributed by atoms with Crippen LogP contribution >= 0.6 is 23.4 Å². The summed E-state index contributed by atoms with van der Waals surface area (Å²) in [6, 6.07) is 9.49. The number of anilines is 2. The molecule has 2 aromatic rings. The number of hydrogen-bond donors (Lipinski definition) is 1. The van der Waals surface area contributed by atoms with E-state index >= 15 is 0 Å². The smallest absolute Gasteiger partial charge is 0.261 e. The van der Waals surface area contributed by atoms with Crippen molar-refractivity contribution < 1.29 is 9.18 Å². The Morgan fingerprint density at radius 3 is 2.86 bits per heavy atom. The zero-order valence-corrected chi connectivity index (χ0v) is 12.5. The van der Waals surface area contributed by atoms with Crippen LogP contribution in [0.25, 0.3) is 0 Å². The Morgan fingerprint density at radius 1 is 1.29 bits per heavy atom. The van der Waals surface area contributed by atoms with Crippen LogP contribution in [-0.4, -0.2) is 18.2 Å². The van der Waals surface area contributed by atoms with Gasteiger partial charge in [-0.1, -0.05) is 11.6 Å². The largest absolute Gasteiger partial charge is 0.399 e. The Bertz CT molecular complexity index is 723. The van der Waals surface area contributed by atoms with Crippen molar-refractivity contribution in [2.45, 2.75) is 4.90 Å². The molecule has 2 N–H and O–H groups in total. The number of nitrogens with zero attached hydrogens (tertiary/aromatic N) is 1. The van der Waals surface area contributed by atoms with Gasteiger partial charge in [-0.05, 0) is 36.4 Å². The van der Waals surface area contributed by atoms with Gasteiger partial charge in [0.1, 0.15) is 5.82 Å². The lowest BCUT2D eigenvalue weighted by molar-refractivity contribution is 0.0984. The van der Waals surface area contributed by atoms with Crippen molar-refractivity contribution in [1.29, 1.82) is 0 Å². The zero-order chi connectivity index (χ0) is 15.0. The van der Waals surface area contributed by atoms with Crippen LogP contribution in [0, 0.1) is 5.82 Å². The number of carbonyl (C=O) groups excluding carboxylic acids is 1. The summed E-state index contributed by atoms with van der Waals surface area (Å²) in [7, 11) is 0. The van der Waals surface area contributed by atoms with E-state index in [2.05, 4.69) is 0 Å². The summed E-state index contributed by atoms with van der Waals surface area (Å²) in [5.74, 6) is -0.231. The maximum absolute atomic E-state index is 13.9. The van der Waals surface area contributed by atoms with Crippen LogP contribution in [0.5, 0.6) is 0 Å². The standard InChI is InChI=1S/C15H12ClFN2OS/c16-9-1-3-11(12(17)7-9)15(20)19-5-6-21-14-4-2-10(18)8-13(14)19/h1-4,7-8H,5-6,18H2. The van der Waals surface area contributed by atoms with Gasteiger partial charge in [0, 0.05) is 27.9 Å². The van der Waals surface area contributed by atoms with Gasteiger partial charge in [0.15, 0.2) is 0 Å². The minimum Gasteiger partial charge on any atom is -0.399 e. The van der Waals surface area contributed by atoms with Gasteiger partial charge >= 0.3 is 0 Å². The Hall–Kier alpha value is -1.72. The number of hydrogen-bond acceptors (Lipinski definition) is 3. The number of amides is 1. The van der Waals surface area contributed by atoms with Crippen LogP contribution in [0.1, 0.15) is 10.4 Å². The van der Waals surface area contributed by atoms with Crippen LogP contribution in [0.3, 0.4) is 0 Å². The molecule has 1 aliphatic rings. The molecule has 0 spiro atoms. The first-order valence-corrected chi connectivity index (χ1v) is 7.72. The number of benzene rings is 2. The average molecular weight is 323 g/mol. The molecule has 0 radical (unpaired) electrons. The molecule has 0 aliphatic carbocycles. The minimum atomic E-state index is -0.615. The highest BCUT2D eigenvalue weighted by molar-refractivity contribution is 7.99. The van der Waals surface area contributed by atoms with Crippen LogP contribution in [-0.2, 0) is 0 Å². The first-order chi connectivity index (χ1) is 10.1. The van der Waals surface area contributed by atoms with Gasteiger partial charge in [0.25, 0.3) is 5.91 Å². The number of thioether (sulfide) groups is 1. The quantitative estimate of drug-likeness (QED) is 0.812. The summed E-state index contributed by atoms with van der Waals surface area (Å²) < 4.78 is 13.9. The number of rotatable bonds is 1. The second-order valence-electron chi connectivity index (χ2n) is 4.66. The molecule has 6 heteroatoms. The van der Waals surface area contributed by atoms with Crippen molar-refractivity contribution in [2.75, 3.05) is 22.9 Å². The highest BCUT2D eigenvalue weighted by Gasteiger charge is 2.26. The molecule has 0 unspecified atom stereocenters. The van der Waals surface area contributed by atoms with Gasteiger partial charge in [0.2, 0.25) is 0 Å². The number of nitrogen functional groups attached to an aromatic ring is 1. The van der Waals surface area contributed by atoms with Crippen molar-refractivity contribution >= 4 is 40.6 Å². The Balaban J connectivity index is 2.02. The molecule has 1 heterocycles. The predicted octanol–water partition coefficient (Wildman–Crippen LogP) is 3.81. The monoisotopic (exact) mass is 322 g/mol. The minimum absolute atomic E-state index is 0.0136. The van der Waals surface area contributed by atoms with E-state index in [1.165, 1.54) is 12.1 Å². The lowest BCUT2D eigenvalue weighted by atomic mass is 10.1. The molecule has 3 nitrogen and oxygen atoms in total. The molecule has 2 aromatic carbocycles. The molecule has 0 saturated heterocycles. The van der Waals surface area contributed by atoms with Gasteiger partial charge in [0.05, 0.1) is 11.3 Å². The molecule has 3 rings (SSSR count). The number of halogens is 2. The summed E-state index contributed by atoms with van der Waals surface area (Å²) in [5, 5.41) is 0.267. The van der Waals surface area contributed by atoms with Gasteiger partial charge in [-0.3, -0.25) is 4.79 Å². The molecule has 0 bridgehead atoms. The van der Waals surface area contributed by atoms with Gasteiger partial charge in [-0.15, -0.1) is 11.8 Å². The fourth-order valence-corrected chi connectivity index (χ4v) is 3.39. The highest BCUT2D eigenvalue weighted by Crippen LogP contribution is 2.37. The Morgan fingerprint density at radius 2 is 2.10 bits per heavy atom. The molecule has 1 aliphatic heterocycles. The average Bonchev–Trinajstić information content (AvgIpc) is 2.46. The topological polar surface area (TPSA) is 46.3 Å². The van der Waals surface area contributed by atoms with Crippen LogP contribution in [0.2, 0.25) is 5.02 Å². The molecule has 1 amide bonds. The van der Waals surface area contributed by atoms with Crippen LogP contribution < -0.4 is 10.6 Å². The van der Waals surface area contributed by atoms with Crippen molar-refractivity contribution in [3.05, 3.63) is 52.8 Å². The van der Waals surface area contributed by atoms with Gasteiger partial charge in [-0.2, -0.15) is 0 Å². The maximum atomic E-state index is 13.9. The summed E-state index contributed by atoms with van der Waals surface area (Å²) in [6.45, 7) is 0.516. The fraction of sp³-hybridized carbons (Fsp3) is 0.133. The fourth-order valence-electron chi connectivity index (χ4n) is 2.25. The second-order valence-corrected chi connectivity index (χ2v) is 6.23. The highest BCUT2D eigenvalue weighted by atomic mass is 35.5. The van der Waals surface area contributed by atoms with Gasteiger partial charge in [-0.25, -0.2) is 4.39 Å². The van der Waals surface area contributed by atoms with Crippen LogP contribution in [0.15, 0.2) is 41.3 Å². The summed E-state index contributed by atoms with van der Waals surface area (Å²) in [6.07, 6.45) is 0. The normalized spacial score (nSPS) is 13.9. The van der Waals surface area contributed by atoms with E-state index < -0.39 is 5.82 Å². The first-order valence-electron chi connectivity index (χ1n) is 6.35. The number of fused-ring (bicyclic) bond motifs is 1. The molecule has 0 saturated carbocycles. The lowest BCUT2D eigenvalue weighted by Gasteiger charge is -2.29. The molecule has 0 atom stereocenters. The van der Waals surface area contributed by atoms with E-state index in [0.717, 1.165) is 22.4 Å². The molecular weight excluding hydrogens is 311 g/mol. The molecule has 0 fully saturated rings. The summed E-state index contributed by atoms with van der Waals surface area (Å²) in [5.41, 5.74) is 7.11. The molecule has 0 aromatic heterocycles. The van der Waals surface area contributed by atoms with Crippen LogP contribution in [0.4, 0.5) is 15.8 Å². The van der Waals surface area contributed by atoms with E-state index in [4.69, 9.17) is 17.3 Å². The molecular formula is C15H12ClFN2OS. The third-order valence-electron chi connectivity index (χ3n) is 3.25.